The normalized spacial score (nSPS) is 15.0. The van der Waals surface area contributed by atoms with E-state index in [-0.39, 0.29) is 12.2 Å². The van der Waals surface area contributed by atoms with Gasteiger partial charge in [-0.15, -0.1) is 0 Å². The predicted octanol–water partition coefficient (Wildman–Crippen LogP) is 3.30. The van der Waals surface area contributed by atoms with Crippen LogP contribution in [0.3, 0.4) is 0 Å². The highest BCUT2D eigenvalue weighted by molar-refractivity contribution is 6.16. The third-order valence-corrected chi connectivity index (χ3v) is 3.48. The van der Waals surface area contributed by atoms with Gasteiger partial charge in [-0.25, -0.2) is 0 Å². The van der Waals surface area contributed by atoms with Crippen LogP contribution in [0.5, 0.6) is 0 Å². The smallest absolute Gasteiger partial charge is 0.324 e. The molecule has 3 rings (SSSR count). The van der Waals surface area contributed by atoms with Gasteiger partial charge in [0.1, 0.15) is 6.54 Å². The van der Waals surface area contributed by atoms with Crippen LogP contribution in [0.4, 0.5) is 24.5 Å². The second-order valence-electron chi connectivity index (χ2n) is 5.03. The van der Waals surface area contributed by atoms with Crippen LogP contribution in [0, 0.1) is 0 Å². The lowest BCUT2D eigenvalue weighted by molar-refractivity contribution is -0.137. The maximum Gasteiger partial charge on any atom is 0.416 e. The molecule has 2 aromatic rings. The number of hydrogen-bond acceptors (Lipinski definition) is 2. The van der Waals surface area contributed by atoms with Crippen LogP contribution in [0.1, 0.15) is 15.9 Å². The van der Waals surface area contributed by atoms with Gasteiger partial charge in [0.15, 0.2) is 0 Å². The molecule has 1 N–H and O–H groups in total. The standard InChI is InChI=1S/C16H11F3N2O2/c17-16(18,19)10-5-7-11(8-6-10)21-9-14(22)20-13-4-2-1-3-12(13)15(21)23/h1-8H,9H2,(H,20,22). The lowest BCUT2D eigenvalue weighted by atomic mass is 10.1. The van der Waals surface area contributed by atoms with Crippen molar-refractivity contribution in [2.24, 2.45) is 0 Å². The van der Waals surface area contributed by atoms with Gasteiger partial charge in [-0.05, 0) is 36.4 Å². The summed E-state index contributed by atoms with van der Waals surface area (Å²) in [4.78, 5) is 25.6. The zero-order valence-electron chi connectivity index (χ0n) is 11.7. The van der Waals surface area contributed by atoms with Crippen molar-refractivity contribution in [3.8, 4) is 0 Å². The molecule has 0 saturated heterocycles. The van der Waals surface area contributed by atoms with Crippen molar-refractivity contribution >= 4 is 23.2 Å². The van der Waals surface area contributed by atoms with Crippen LogP contribution in [-0.4, -0.2) is 18.4 Å². The number of carbonyl (C=O) groups excluding carboxylic acids is 2. The van der Waals surface area contributed by atoms with E-state index in [1.807, 2.05) is 0 Å². The number of alkyl halides is 3. The summed E-state index contributed by atoms with van der Waals surface area (Å²) in [6.07, 6.45) is -4.45. The molecule has 0 aliphatic carbocycles. The van der Waals surface area contributed by atoms with Gasteiger partial charge in [-0.1, -0.05) is 12.1 Å². The van der Waals surface area contributed by atoms with Gasteiger partial charge in [0.05, 0.1) is 16.8 Å². The van der Waals surface area contributed by atoms with Crippen molar-refractivity contribution in [1.29, 1.82) is 0 Å². The Kier molecular flexibility index (Phi) is 3.55. The molecule has 1 aliphatic heterocycles. The summed E-state index contributed by atoms with van der Waals surface area (Å²) < 4.78 is 37.9. The van der Waals surface area contributed by atoms with Crippen LogP contribution in [0.2, 0.25) is 0 Å². The van der Waals surface area contributed by atoms with Gasteiger partial charge >= 0.3 is 6.18 Å². The Hall–Kier alpha value is -2.83. The van der Waals surface area contributed by atoms with Crippen LogP contribution < -0.4 is 10.2 Å². The van der Waals surface area contributed by atoms with Crippen molar-refractivity contribution in [1.82, 2.24) is 0 Å². The molecule has 0 spiro atoms. The monoisotopic (exact) mass is 320 g/mol. The third-order valence-electron chi connectivity index (χ3n) is 3.48. The molecule has 1 aliphatic rings. The van der Waals surface area contributed by atoms with E-state index in [1.54, 1.807) is 24.3 Å². The van der Waals surface area contributed by atoms with Crippen molar-refractivity contribution < 1.29 is 22.8 Å². The molecule has 0 saturated carbocycles. The summed E-state index contributed by atoms with van der Waals surface area (Å²) in [7, 11) is 0. The highest BCUT2D eigenvalue weighted by atomic mass is 19.4. The molecule has 4 nitrogen and oxygen atoms in total. The van der Waals surface area contributed by atoms with E-state index < -0.39 is 23.6 Å². The van der Waals surface area contributed by atoms with Gasteiger partial charge in [0, 0.05) is 5.69 Å². The Balaban J connectivity index is 1.99. The number of benzene rings is 2. The zero-order chi connectivity index (χ0) is 16.6. The minimum absolute atomic E-state index is 0.231. The van der Waals surface area contributed by atoms with Gasteiger partial charge in [-0.2, -0.15) is 13.2 Å². The summed E-state index contributed by atoms with van der Waals surface area (Å²) in [5.41, 5.74) is 0.0957. The molecule has 0 unspecified atom stereocenters. The van der Waals surface area contributed by atoms with Crippen LogP contribution in [-0.2, 0) is 11.0 Å². The number of carbonyl (C=O) groups is 2. The molecule has 118 valence electrons. The SMILES string of the molecule is O=C1CN(c2ccc(C(F)(F)F)cc2)C(=O)c2ccccc2N1. The van der Waals surface area contributed by atoms with Gasteiger partial charge in [-0.3, -0.25) is 14.5 Å². The fourth-order valence-corrected chi connectivity index (χ4v) is 2.37. The minimum atomic E-state index is -4.45. The molecule has 2 aromatic carbocycles. The molecule has 0 atom stereocenters. The number of nitrogens with one attached hydrogen (secondary N) is 1. The number of amides is 2. The average Bonchev–Trinajstić information content (AvgIpc) is 2.64. The Labute approximate surface area is 129 Å². The number of anilines is 2. The van der Waals surface area contributed by atoms with E-state index in [0.29, 0.717) is 11.3 Å². The molecule has 23 heavy (non-hydrogen) atoms. The van der Waals surface area contributed by atoms with E-state index in [4.69, 9.17) is 0 Å². The van der Waals surface area contributed by atoms with Crippen LogP contribution in [0.15, 0.2) is 48.5 Å². The molecule has 0 aromatic heterocycles. The van der Waals surface area contributed by atoms with Gasteiger partial charge in [0.2, 0.25) is 5.91 Å². The molecular weight excluding hydrogens is 309 g/mol. The lowest BCUT2D eigenvalue weighted by Crippen LogP contribution is -2.35. The van der Waals surface area contributed by atoms with Crippen molar-refractivity contribution in [3.63, 3.8) is 0 Å². The number of hydrogen-bond donors (Lipinski definition) is 1. The number of halogens is 3. The van der Waals surface area contributed by atoms with E-state index in [0.717, 1.165) is 17.0 Å². The number of rotatable bonds is 1. The van der Waals surface area contributed by atoms with Crippen molar-refractivity contribution in [2.45, 2.75) is 6.18 Å². The highest BCUT2D eigenvalue weighted by Crippen LogP contribution is 2.31. The number of nitrogens with zero attached hydrogens (tertiary/aromatic N) is 1. The molecule has 0 bridgehead atoms. The van der Waals surface area contributed by atoms with E-state index in [1.165, 1.54) is 12.1 Å². The third kappa shape index (κ3) is 2.90. The van der Waals surface area contributed by atoms with Crippen molar-refractivity contribution in [2.75, 3.05) is 16.8 Å². The summed E-state index contributed by atoms with van der Waals surface area (Å²) in [5, 5.41) is 2.61. The molecule has 1 heterocycles. The summed E-state index contributed by atoms with van der Waals surface area (Å²) in [5.74, 6) is -0.859. The van der Waals surface area contributed by atoms with Crippen LogP contribution >= 0.6 is 0 Å². The molecule has 7 heteroatoms. The van der Waals surface area contributed by atoms with E-state index >= 15 is 0 Å². The number of fused-ring (bicyclic) bond motifs is 1. The fourth-order valence-electron chi connectivity index (χ4n) is 2.37. The first-order chi connectivity index (χ1) is 10.9. The molecule has 0 fully saturated rings. The Bertz CT molecular complexity index is 770. The Morgan fingerprint density at radius 2 is 1.61 bits per heavy atom. The summed E-state index contributed by atoms with van der Waals surface area (Å²) >= 11 is 0. The largest absolute Gasteiger partial charge is 0.416 e. The minimum Gasteiger partial charge on any atom is -0.324 e. The lowest BCUT2D eigenvalue weighted by Gasteiger charge is -2.20. The first kappa shape index (κ1) is 15.1. The highest BCUT2D eigenvalue weighted by Gasteiger charge is 2.31. The molecular formula is C16H11F3N2O2. The quantitative estimate of drug-likeness (QED) is 0.876. The Morgan fingerprint density at radius 1 is 0.957 bits per heavy atom. The summed E-state index contributed by atoms with van der Waals surface area (Å²) in [6, 6.07) is 10.6. The van der Waals surface area contributed by atoms with Gasteiger partial charge < -0.3 is 5.32 Å². The second kappa shape index (κ2) is 5.42. The number of para-hydroxylation sites is 1. The zero-order valence-corrected chi connectivity index (χ0v) is 11.7. The van der Waals surface area contributed by atoms with Crippen LogP contribution in [0.25, 0.3) is 0 Å². The first-order valence-electron chi connectivity index (χ1n) is 6.74. The first-order valence-corrected chi connectivity index (χ1v) is 6.74. The van der Waals surface area contributed by atoms with E-state index in [2.05, 4.69) is 5.32 Å². The Morgan fingerprint density at radius 3 is 2.26 bits per heavy atom. The predicted molar refractivity (Wildman–Crippen MR) is 78.2 cm³/mol. The molecule has 2 amide bonds. The van der Waals surface area contributed by atoms with Crippen molar-refractivity contribution in [3.05, 3.63) is 59.7 Å². The maximum absolute atomic E-state index is 12.6. The van der Waals surface area contributed by atoms with Gasteiger partial charge in [0.25, 0.3) is 5.91 Å². The topological polar surface area (TPSA) is 49.4 Å². The second-order valence-corrected chi connectivity index (χ2v) is 5.03. The molecule has 0 radical (unpaired) electrons. The average molecular weight is 320 g/mol. The summed E-state index contributed by atoms with van der Waals surface area (Å²) in [6.45, 7) is -0.265. The maximum atomic E-state index is 12.6. The van der Waals surface area contributed by atoms with E-state index in [9.17, 15) is 22.8 Å². The fraction of sp³-hybridized carbons (Fsp3) is 0.125.